The number of hydrogen-bond acceptors (Lipinski definition) is 4. The van der Waals surface area contributed by atoms with E-state index in [4.69, 9.17) is 9.84 Å². The van der Waals surface area contributed by atoms with E-state index in [1.165, 1.54) is 4.88 Å². The van der Waals surface area contributed by atoms with Crippen LogP contribution >= 0.6 is 11.3 Å². The molecular weight excluding hydrogens is 214 g/mol. The van der Waals surface area contributed by atoms with Crippen molar-refractivity contribution >= 4 is 17.3 Å². The molecule has 0 aromatic carbocycles. The van der Waals surface area contributed by atoms with Crippen molar-refractivity contribution in [2.75, 3.05) is 6.61 Å². The highest BCUT2D eigenvalue weighted by molar-refractivity contribution is 7.09. The average Bonchev–Trinajstić information content (AvgIpc) is 2.50. The highest BCUT2D eigenvalue weighted by Gasteiger charge is 2.08. The Hall–Kier alpha value is -0.940. The van der Waals surface area contributed by atoms with Crippen LogP contribution in [0.15, 0.2) is 5.51 Å². The van der Waals surface area contributed by atoms with Crippen molar-refractivity contribution in [1.29, 1.82) is 0 Å². The Labute approximate surface area is 92.9 Å². The summed E-state index contributed by atoms with van der Waals surface area (Å²) in [7, 11) is 0. The number of rotatable bonds is 6. The van der Waals surface area contributed by atoms with Gasteiger partial charge in [-0.2, -0.15) is 0 Å². The molecule has 1 aromatic heterocycles. The minimum atomic E-state index is -0.823. The summed E-state index contributed by atoms with van der Waals surface area (Å²) < 4.78 is 5.38. The molecule has 0 spiro atoms. The molecule has 1 aromatic rings. The molecule has 1 N–H and O–H groups in total. The second-order valence-electron chi connectivity index (χ2n) is 3.39. The third-order valence-corrected chi connectivity index (χ3v) is 3.03. The van der Waals surface area contributed by atoms with Crippen LogP contribution in [0, 0.1) is 6.92 Å². The van der Waals surface area contributed by atoms with Gasteiger partial charge in [0.2, 0.25) is 0 Å². The number of hydrogen-bond donors (Lipinski definition) is 1. The van der Waals surface area contributed by atoms with E-state index in [1.807, 2.05) is 12.4 Å². The van der Waals surface area contributed by atoms with E-state index in [9.17, 15) is 4.79 Å². The molecule has 4 nitrogen and oxygen atoms in total. The van der Waals surface area contributed by atoms with Gasteiger partial charge in [0.25, 0.3) is 0 Å². The van der Waals surface area contributed by atoms with Crippen molar-refractivity contribution in [3.8, 4) is 0 Å². The van der Waals surface area contributed by atoms with Crippen LogP contribution in [0.4, 0.5) is 0 Å². The maximum absolute atomic E-state index is 10.4. The van der Waals surface area contributed by atoms with Gasteiger partial charge in [0.1, 0.15) is 0 Å². The van der Waals surface area contributed by atoms with Crippen LogP contribution in [0.2, 0.25) is 0 Å². The van der Waals surface area contributed by atoms with E-state index >= 15 is 0 Å². The molecule has 0 amide bonds. The SMILES string of the molecule is Cc1ncsc1CCO[C@@H](C)CC(=O)O. The first-order chi connectivity index (χ1) is 7.09. The van der Waals surface area contributed by atoms with E-state index in [-0.39, 0.29) is 12.5 Å². The lowest BCUT2D eigenvalue weighted by atomic mass is 10.3. The number of ether oxygens (including phenoxy) is 1. The van der Waals surface area contributed by atoms with E-state index in [2.05, 4.69) is 4.98 Å². The van der Waals surface area contributed by atoms with Gasteiger partial charge in [-0.05, 0) is 13.8 Å². The van der Waals surface area contributed by atoms with Gasteiger partial charge < -0.3 is 9.84 Å². The zero-order valence-corrected chi connectivity index (χ0v) is 9.71. The molecule has 0 saturated heterocycles. The lowest BCUT2D eigenvalue weighted by Crippen LogP contribution is -2.15. The molecule has 84 valence electrons. The monoisotopic (exact) mass is 229 g/mol. The van der Waals surface area contributed by atoms with E-state index in [0.717, 1.165) is 12.1 Å². The summed E-state index contributed by atoms with van der Waals surface area (Å²) in [6, 6.07) is 0. The fourth-order valence-electron chi connectivity index (χ4n) is 1.22. The van der Waals surface area contributed by atoms with Crippen molar-refractivity contribution in [1.82, 2.24) is 4.98 Å². The first kappa shape index (κ1) is 12.1. The summed E-state index contributed by atoms with van der Waals surface area (Å²) in [4.78, 5) is 15.7. The molecule has 1 heterocycles. The predicted molar refractivity (Wildman–Crippen MR) is 58.2 cm³/mol. The fraction of sp³-hybridized carbons (Fsp3) is 0.600. The van der Waals surface area contributed by atoms with E-state index in [1.54, 1.807) is 18.3 Å². The average molecular weight is 229 g/mol. The number of carboxylic acid groups (broad SMARTS) is 1. The van der Waals surface area contributed by atoms with Crippen LogP contribution in [0.3, 0.4) is 0 Å². The van der Waals surface area contributed by atoms with Gasteiger partial charge in [0.15, 0.2) is 0 Å². The molecule has 15 heavy (non-hydrogen) atoms. The molecule has 0 saturated carbocycles. The van der Waals surface area contributed by atoms with Crippen LogP contribution in [0.1, 0.15) is 23.9 Å². The van der Waals surface area contributed by atoms with Crippen LogP contribution in [0.5, 0.6) is 0 Å². The van der Waals surface area contributed by atoms with Gasteiger partial charge in [-0.15, -0.1) is 11.3 Å². The van der Waals surface area contributed by atoms with Crippen LogP contribution in [-0.2, 0) is 16.0 Å². The Morgan fingerprint density at radius 2 is 2.47 bits per heavy atom. The minimum Gasteiger partial charge on any atom is -0.481 e. The van der Waals surface area contributed by atoms with Gasteiger partial charge in [-0.25, -0.2) is 4.98 Å². The molecule has 0 radical (unpaired) electrons. The molecule has 0 aliphatic heterocycles. The summed E-state index contributed by atoms with van der Waals surface area (Å²) in [5, 5.41) is 8.52. The number of aryl methyl sites for hydroxylation is 1. The summed E-state index contributed by atoms with van der Waals surface area (Å²) >= 11 is 1.61. The normalized spacial score (nSPS) is 12.7. The van der Waals surface area contributed by atoms with Gasteiger partial charge in [-0.3, -0.25) is 4.79 Å². The number of thiazole rings is 1. The summed E-state index contributed by atoms with van der Waals surface area (Å²) in [5.74, 6) is -0.823. The van der Waals surface area contributed by atoms with Gasteiger partial charge >= 0.3 is 5.97 Å². The summed E-state index contributed by atoms with van der Waals surface area (Å²) in [6.45, 7) is 4.29. The quantitative estimate of drug-likeness (QED) is 0.809. The van der Waals surface area contributed by atoms with Gasteiger partial charge in [0.05, 0.1) is 30.3 Å². The van der Waals surface area contributed by atoms with Crippen LogP contribution in [0.25, 0.3) is 0 Å². The molecule has 1 rings (SSSR count). The lowest BCUT2D eigenvalue weighted by Gasteiger charge is -2.09. The summed E-state index contributed by atoms with van der Waals surface area (Å²) in [5.41, 5.74) is 2.85. The number of carbonyl (C=O) groups is 1. The lowest BCUT2D eigenvalue weighted by molar-refractivity contribution is -0.139. The zero-order valence-electron chi connectivity index (χ0n) is 8.90. The fourth-order valence-corrected chi connectivity index (χ4v) is 1.99. The summed E-state index contributed by atoms with van der Waals surface area (Å²) in [6.07, 6.45) is 0.637. The zero-order chi connectivity index (χ0) is 11.3. The molecule has 0 fully saturated rings. The molecule has 0 aliphatic carbocycles. The highest BCUT2D eigenvalue weighted by atomic mass is 32.1. The van der Waals surface area contributed by atoms with Gasteiger partial charge in [-0.1, -0.05) is 0 Å². The largest absolute Gasteiger partial charge is 0.481 e. The smallest absolute Gasteiger partial charge is 0.305 e. The maximum Gasteiger partial charge on any atom is 0.305 e. The predicted octanol–water partition coefficient (Wildman–Crippen LogP) is 1.87. The molecule has 1 atom stereocenters. The minimum absolute atomic E-state index is 0.0572. The van der Waals surface area contributed by atoms with Gasteiger partial charge in [0, 0.05) is 11.3 Å². The third kappa shape index (κ3) is 4.40. The Balaban J connectivity index is 2.22. The molecule has 0 bridgehead atoms. The number of aromatic nitrogens is 1. The standard InChI is InChI=1S/C10H15NO3S/c1-7(5-10(12)13)14-4-3-9-8(2)11-6-15-9/h6-7H,3-5H2,1-2H3,(H,12,13)/t7-/m0/s1. The molecular formula is C10H15NO3S. The Bertz CT molecular complexity index is 324. The van der Waals surface area contributed by atoms with Crippen LogP contribution < -0.4 is 0 Å². The Morgan fingerprint density at radius 1 is 1.73 bits per heavy atom. The van der Waals surface area contributed by atoms with Crippen molar-refractivity contribution in [3.05, 3.63) is 16.1 Å². The topological polar surface area (TPSA) is 59.4 Å². The molecule has 0 aliphatic rings. The first-order valence-electron chi connectivity index (χ1n) is 4.82. The highest BCUT2D eigenvalue weighted by Crippen LogP contribution is 2.13. The van der Waals surface area contributed by atoms with E-state index < -0.39 is 5.97 Å². The van der Waals surface area contributed by atoms with Crippen LogP contribution in [-0.4, -0.2) is 28.8 Å². The van der Waals surface area contributed by atoms with Crippen molar-refractivity contribution in [2.45, 2.75) is 32.8 Å². The second-order valence-corrected chi connectivity index (χ2v) is 4.33. The Morgan fingerprint density at radius 3 is 3.00 bits per heavy atom. The van der Waals surface area contributed by atoms with Crippen molar-refractivity contribution in [3.63, 3.8) is 0 Å². The Kier molecular flexibility index (Phi) is 4.71. The number of nitrogens with zero attached hydrogens (tertiary/aromatic N) is 1. The maximum atomic E-state index is 10.4. The molecule has 5 heteroatoms. The second kappa shape index (κ2) is 5.82. The number of aliphatic carboxylic acids is 1. The van der Waals surface area contributed by atoms with Crippen molar-refractivity contribution < 1.29 is 14.6 Å². The first-order valence-corrected chi connectivity index (χ1v) is 5.70. The molecule has 0 unspecified atom stereocenters. The van der Waals surface area contributed by atoms with Crippen molar-refractivity contribution in [2.24, 2.45) is 0 Å². The van der Waals surface area contributed by atoms with E-state index in [0.29, 0.717) is 6.61 Å². The number of carboxylic acids is 1. The third-order valence-electron chi connectivity index (χ3n) is 2.04.